The second-order valence-electron chi connectivity index (χ2n) is 6.53. The summed E-state index contributed by atoms with van der Waals surface area (Å²) in [7, 11) is -0.207. The van der Waals surface area contributed by atoms with E-state index in [1.54, 1.807) is 10.6 Å². The zero-order valence-corrected chi connectivity index (χ0v) is 19.5. The second-order valence-corrected chi connectivity index (χ2v) is 13.1. The lowest BCUT2D eigenvalue weighted by Gasteiger charge is -2.23. The fourth-order valence-corrected chi connectivity index (χ4v) is 10.6. The zero-order chi connectivity index (χ0) is 19.2. The van der Waals surface area contributed by atoms with Gasteiger partial charge in [-0.2, -0.15) is 0 Å². The summed E-state index contributed by atoms with van der Waals surface area (Å²) in [5.41, 5.74) is 2.80. The zero-order valence-electron chi connectivity index (χ0n) is 16.9. The largest absolute Gasteiger partial charge is 0.134 e. The topological polar surface area (TPSA) is 0 Å². The Morgan fingerprint density at radius 3 is 1.19 bits per heavy atom. The smallest absolute Gasteiger partial charge is 0.0432 e. The van der Waals surface area contributed by atoms with Crippen molar-refractivity contribution in [2.45, 2.75) is 27.7 Å². The molecule has 0 aliphatic rings. The SMILES string of the molecule is CCP(CC)c1c(-c2ccccc2)sc(-c2ccccc2)c1P(CC)CC. The first-order chi connectivity index (χ1) is 13.2. The maximum absolute atomic E-state index is 2.38. The van der Waals surface area contributed by atoms with Gasteiger partial charge in [-0.1, -0.05) is 104 Å². The molecular formula is C24H30P2S. The Morgan fingerprint density at radius 1 is 0.556 bits per heavy atom. The number of rotatable bonds is 8. The van der Waals surface area contributed by atoms with Gasteiger partial charge in [-0.15, -0.1) is 11.3 Å². The molecule has 2 aromatic carbocycles. The van der Waals surface area contributed by atoms with Gasteiger partial charge in [-0.3, -0.25) is 0 Å². The van der Waals surface area contributed by atoms with Crippen molar-refractivity contribution < 1.29 is 0 Å². The lowest BCUT2D eigenvalue weighted by atomic mass is 10.1. The first-order valence-corrected chi connectivity index (χ1v) is 14.3. The third kappa shape index (κ3) is 4.37. The molecule has 1 heterocycles. The Hall–Kier alpha value is -1.000. The average molecular weight is 413 g/mol. The molecule has 0 atom stereocenters. The minimum Gasteiger partial charge on any atom is -0.134 e. The van der Waals surface area contributed by atoms with Crippen LogP contribution < -0.4 is 10.6 Å². The highest BCUT2D eigenvalue weighted by Gasteiger charge is 2.28. The monoisotopic (exact) mass is 412 g/mol. The van der Waals surface area contributed by atoms with E-state index in [1.165, 1.54) is 45.5 Å². The van der Waals surface area contributed by atoms with Gasteiger partial charge >= 0.3 is 0 Å². The van der Waals surface area contributed by atoms with E-state index >= 15 is 0 Å². The third-order valence-corrected chi connectivity index (χ3v) is 12.1. The summed E-state index contributed by atoms with van der Waals surface area (Å²) in [6.45, 7) is 9.53. The molecule has 0 nitrogen and oxygen atoms in total. The van der Waals surface area contributed by atoms with Crippen LogP contribution in [0.15, 0.2) is 60.7 Å². The molecule has 3 heteroatoms. The van der Waals surface area contributed by atoms with Crippen molar-refractivity contribution in [2.24, 2.45) is 0 Å². The molecule has 0 unspecified atom stereocenters. The molecule has 0 bridgehead atoms. The van der Waals surface area contributed by atoms with Gasteiger partial charge in [0.15, 0.2) is 0 Å². The van der Waals surface area contributed by atoms with Gasteiger partial charge in [-0.25, -0.2) is 0 Å². The predicted octanol–water partition coefficient (Wildman–Crippen LogP) is 7.38. The molecule has 3 rings (SSSR count). The van der Waals surface area contributed by atoms with Gasteiger partial charge in [0, 0.05) is 20.4 Å². The van der Waals surface area contributed by atoms with Crippen molar-refractivity contribution in [3.8, 4) is 20.9 Å². The lowest BCUT2D eigenvalue weighted by Crippen LogP contribution is -2.24. The fourth-order valence-electron chi connectivity index (χ4n) is 3.65. The molecule has 0 radical (unpaired) electrons. The molecule has 3 aromatic rings. The van der Waals surface area contributed by atoms with Crippen LogP contribution in [0.3, 0.4) is 0 Å². The first-order valence-electron chi connectivity index (χ1n) is 10.0. The van der Waals surface area contributed by atoms with E-state index in [0.29, 0.717) is 0 Å². The fraction of sp³-hybridized carbons (Fsp3) is 0.333. The van der Waals surface area contributed by atoms with E-state index in [2.05, 4.69) is 88.4 Å². The molecule has 0 aliphatic heterocycles. The molecule has 0 amide bonds. The minimum absolute atomic E-state index is 0.103. The van der Waals surface area contributed by atoms with Crippen molar-refractivity contribution >= 4 is 37.8 Å². The normalized spacial score (nSPS) is 11.5. The van der Waals surface area contributed by atoms with Crippen molar-refractivity contribution in [2.75, 3.05) is 24.6 Å². The van der Waals surface area contributed by atoms with E-state index in [1.807, 2.05) is 11.3 Å². The van der Waals surface area contributed by atoms with Gasteiger partial charge in [0.2, 0.25) is 0 Å². The highest BCUT2D eigenvalue weighted by atomic mass is 32.1. The van der Waals surface area contributed by atoms with Gasteiger partial charge < -0.3 is 0 Å². The Bertz CT molecular complexity index is 762. The molecule has 0 saturated carbocycles. The van der Waals surface area contributed by atoms with Gasteiger partial charge in [0.25, 0.3) is 0 Å². The predicted molar refractivity (Wildman–Crippen MR) is 130 cm³/mol. The first kappa shape index (κ1) is 20.7. The van der Waals surface area contributed by atoms with Crippen molar-refractivity contribution in [1.82, 2.24) is 0 Å². The number of benzene rings is 2. The quantitative estimate of drug-likeness (QED) is 0.339. The van der Waals surface area contributed by atoms with E-state index < -0.39 is 0 Å². The molecule has 0 saturated heterocycles. The summed E-state index contributed by atoms with van der Waals surface area (Å²) < 4.78 is 0. The Labute approximate surface area is 171 Å². The number of hydrogen-bond acceptors (Lipinski definition) is 1. The molecule has 0 aliphatic carbocycles. The Morgan fingerprint density at radius 2 is 0.889 bits per heavy atom. The van der Waals surface area contributed by atoms with Crippen molar-refractivity contribution in [1.29, 1.82) is 0 Å². The highest BCUT2D eigenvalue weighted by Crippen LogP contribution is 2.49. The average Bonchev–Trinajstić information content (AvgIpc) is 3.12. The lowest BCUT2D eigenvalue weighted by molar-refractivity contribution is 1.42. The summed E-state index contributed by atoms with van der Waals surface area (Å²) >= 11 is 2.04. The van der Waals surface area contributed by atoms with Gasteiger partial charge in [-0.05, 0) is 35.8 Å². The summed E-state index contributed by atoms with van der Waals surface area (Å²) in [6, 6.07) is 22.2. The number of hydrogen-bond donors (Lipinski definition) is 0. The van der Waals surface area contributed by atoms with Crippen LogP contribution in [-0.4, -0.2) is 24.6 Å². The second kappa shape index (κ2) is 9.97. The van der Waals surface area contributed by atoms with E-state index in [9.17, 15) is 0 Å². The van der Waals surface area contributed by atoms with Gasteiger partial charge in [0.05, 0.1) is 0 Å². The highest BCUT2D eigenvalue weighted by molar-refractivity contribution is 7.73. The summed E-state index contributed by atoms with van der Waals surface area (Å²) in [5, 5.41) is 3.44. The van der Waals surface area contributed by atoms with E-state index in [4.69, 9.17) is 0 Å². The maximum Gasteiger partial charge on any atom is 0.0432 e. The standard InChI is InChI=1S/C24H30P2S/c1-5-25(6-2)21-22(26(7-3)8-4)24(20-17-13-10-14-18-20)27-23(21)19-15-11-9-12-16-19/h9-18H,5-8H2,1-4H3. The van der Waals surface area contributed by atoms with Crippen LogP contribution in [0.5, 0.6) is 0 Å². The van der Waals surface area contributed by atoms with Crippen LogP contribution in [0.25, 0.3) is 20.9 Å². The molecule has 27 heavy (non-hydrogen) atoms. The third-order valence-electron chi connectivity index (χ3n) is 5.09. The molecule has 142 valence electrons. The van der Waals surface area contributed by atoms with Crippen molar-refractivity contribution in [3.63, 3.8) is 0 Å². The summed E-state index contributed by atoms with van der Waals surface area (Å²) in [5.74, 6) is 0. The van der Waals surface area contributed by atoms with Crippen molar-refractivity contribution in [3.05, 3.63) is 60.7 Å². The molecule has 0 N–H and O–H groups in total. The van der Waals surface area contributed by atoms with Crippen LogP contribution in [-0.2, 0) is 0 Å². The Kier molecular flexibility index (Phi) is 7.66. The summed E-state index contributed by atoms with van der Waals surface area (Å²) in [4.78, 5) is 3.07. The number of thiophene rings is 1. The van der Waals surface area contributed by atoms with Crippen LogP contribution in [0.1, 0.15) is 27.7 Å². The van der Waals surface area contributed by atoms with E-state index in [0.717, 1.165) is 0 Å². The molecular weight excluding hydrogens is 382 g/mol. The van der Waals surface area contributed by atoms with E-state index in [-0.39, 0.29) is 15.8 Å². The molecule has 0 spiro atoms. The van der Waals surface area contributed by atoms with Crippen LogP contribution in [0.2, 0.25) is 0 Å². The molecule has 1 aromatic heterocycles. The maximum atomic E-state index is 2.38. The minimum atomic E-state index is -0.103. The van der Waals surface area contributed by atoms with Crippen LogP contribution in [0.4, 0.5) is 0 Å². The molecule has 0 fully saturated rings. The Balaban J connectivity index is 2.34. The van der Waals surface area contributed by atoms with Crippen LogP contribution in [0, 0.1) is 0 Å². The van der Waals surface area contributed by atoms with Crippen LogP contribution >= 0.6 is 27.2 Å². The van der Waals surface area contributed by atoms with Gasteiger partial charge in [0.1, 0.15) is 0 Å². The summed E-state index contributed by atoms with van der Waals surface area (Å²) in [6.07, 6.45) is 5.11.